The third-order valence-corrected chi connectivity index (χ3v) is 4.77. The van der Waals surface area contributed by atoms with Gasteiger partial charge in [-0.2, -0.15) is 9.97 Å². The molecule has 0 amide bonds. The minimum Gasteiger partial charge on any atom is -0.464 e. The molecule has 7 heteroatoms. The van der Waals surface area contributed by atoms with Gasteiger partial charge in [-0.15, -0.1) is 0 Å². The topological polar surface area (TPSA) is 81.2 Å². The summed E-state index contributed by atoms with van der Waals surface area (Å²) in [7, 11) is -3.68. The lowest BCUT2D eigenvalue weighted by Crippen LogP contribution is -2.16. The van der Waals surface area contributed by atoms with Crippen LogP contribution in [0.1, 0.15) is 30.8 Å². The van der Waals surface area contributed by atoms with Gasteiger partial charge in [0, 0.05) is 0 Å². The van der Waals surface area contributed by atoms with E-state index in [1.807, 2.05) is 26.0 Å². The zero-order valence-corrected chi connectivity index (χ0v) is 14.6. The summed E-state index contributed by atoms with van der Waals surface area (Å²) in [6.45, 7) is 7.74. The number of benzene rings is 1. The molecular formula is C16H21N3O3S. The van der Waals surface area contributed by atoms with Crippen molar-refractivity contribution in [2.45, 2.75) is 39.0 Å². The summed E-state index contributed by atoms with van der Waals surface area (Å²) in [5.41, 5.74) is 2.51. The number of aryl methyl sites for hydroxylation is 3. The van der Waals surface area contributed by atoms with Crippen LogP contribution in [0.2, 0.25) is 0 Å². The number of nitrogens with zero attached hydrogens (tertiary/aromatic N) is 2. The van der Waals surface area contributed by atoms with Crippen LogP contribution < -0.4 is 9.46 Å². The highest BCUT2D eigenvalue weighted by Crippen LogP contribution is 2.23. The van der Waals surface area contributed by atoms with Gasteiger partial charge in [-0.25, -0.2) is 8.42 Å². The fourth-order valence-corrected chi connectivity index (χ4v) is 3.30. The van der Waals surface area contributed by atoms with Crippen LogP contribution in [-0.4, -0.2) is 25.0 Å². The van der Waals surface area contributed by atoms with Crippen molar-refractivity contribution in [2.24, 2.45) is 0 Å². The number of sulfonamides is 1. The predicted molar refractivity (Wildman–Crippen MR) is 89.3 cm³/mol. The number of ether oxygens (including phenoxy) is 1. The van der Waals surface area contributed by atoms with E-state index in [1.54, 1.807) is 26.0 Å². The lowest BCUT2D eigenvalue weighted by molar-refractivity contribution is 0.311. The van der Waals surface area contributed by atoms with Gasteiger partial charge in [-0.3, -0.25) is 4.72 Å². The molecule has 1 aromatic carbocycles. The number of hydrogen-bond donors (Lipinski definition) is 1. The molecule has 0 radical (unpaired) electrons. The molecule has 0 atom stereocenters. The van der Waals surface area contributed by atoms with E-state index >= 15 is 0 Å². The number of hydrogen-bond acceptors (Lipinski definition) is 5. The maximum Gasteiger partial charge on any atom is 0.316 e. The molecule has 2 aromatic rings. The summed E-state index contributed by atoms with van der Waals surface area (Å²) in [6, 6.07) is 7.06. The first kappa shape index (κ1) is 17.2. The lowest BCUT2D eigenvalue weighted by Gasteiger charge is -2.13. The van der Waals surface area contributed by atoms with Crippen molar-refractivity contribution < 1.29 is 13.2 Å². The Morgan fingerprint density at radius 2 is 1.61 bits per heavy atom. The average Bonchev–Trinajstić information content (AvgIpc) is 2.51. The van der Waals surface area contributed by atoms with Gasteiger partial charge in [0.25, 0.3) is 10.0 Å². The Morgan fingerprint density at radius 3 is 2.09 bits per heavy atom. The van der Waals surface area contributed by atoms with Crippen molar-refractivity contribution in [3.8, 4) is 6.01 Å². The number of nitrogens with one attached hydrogen (secondary N) is 1. The van der Waals surface area contributed by atoms with Crippen molar-refractivity contribution in [2.75, 3.05) is 11.3 Å². The van der Waals surface area contributed by atoms with Crippen LogP contribution in [0.3, 0.4) is 0 Å². The zero-order chi connectivity index (χ0) is 17.0. The molecule has 23 heavy (non-hydrogen) atoms. The number of anilines is 1. The normalized spacial score (nSPS) is 11.3. The first-order valence-corrected chi connectivity index (χ1v) is 8.95. The van der Waals surface area contributed by atoms with E-state index in [0.717, 1.165) is 12.0 Å². The maximum atomic E-state index is 12.5. The minimum atomic E-state index is -3.68. The standard InChI is InChI=1S/C16H21N3O3S/c1-5-13-7-9-14(10-8-13)23(20,21)19-15-11(3)17-16(22-6-2)18-12(15)4/h7-10,19H,5-6H2,1-4H3. The molecule has 0 saturated carbocycles. The van der Waals surface area contributed by atoms with Gasteiger partial charge in [-0.05, 0) is 44.9 Å². The van der Waals surface area contributed by atoms with Gasteiger partial charge < -0.3 is 4.74 Å². The Morgan fingerprint density at radius 1 is 1.04 bits per heavy atom. The van der Waals surface area contributed by atoms with E-state index in [-0.39, 0.29) is 10.9 Å². The zero-order valence-electron chi connectivity index (χ0n) is 13.8. The second-order valence-electron chi connectivity index (χ2n) is 5.09. The van der Waals surface area contributed by atoms with Crippen molar-refractivity contribution in [1.29, 1.82) is 0 Å². The van der Waals surface area contributed by atoms with E-state index in [4.69, 9.17) is 4.74 Å². The molecule has 2 rings (SSSR count). The van der Waals surface area contributed by atoms with Gasteiger partial charge in [0.15, 0.2) is 0 Å². The smallest absolute Gasteiger partial charge is 0.316 e. The van der Waals surface area contributed by atoms with E-state index < -0.39 is 10.0 Å². The van der Waals surface area contributed by atoms with Crippen molar-refractivity contribution in [3.05, 3.63) is 41.2 Å². The minimum absolute atomic E-state index is 0.211. The quantitative estimate of drug-likeness (QED) is 0.878. The van der Waals surface area contributed by atoms with E-state index in [2.05, 4.69) is 14.7 Å². The molecular weight excluding hydrogens is 314 g/mol. The highest BCUT2D eigenvalue weighted by atomic mass is 32.2. The Labute approximate surface area is 137 Å². The van der Waals surface area contributed by atoms with Crippen LogP contribution in [0.4, 0.5) is 5.69 Å². The van der Waals surface area contributed by atoms with Gasteiger partial charge in [0.1, 0.15) is 0 Å². The molecule has 0 spiro atoms. The molecule has 0 fully saturated rings. The molecule has 1 N–H and O–H groups in total. The highest BCUT2D eigenvalue weighted by Gasteiger charge is 2.18. The largest absolute Gasteiger partial charge is 0.464 e. The van der Waals surface area contributed by atoms with Crippen LogP contribution in [0, 0.1) is 13.8 Å². The van der Waals surface area contributed by atoms with Crippen molar-refractivity contribution in [3.63, 3.8) is 0 Å². The Kier molecular flexibility index (Phi) is 5.20. The summed E-state index contributed by atoms with van der Waals surface area (Å²) in [4.78, 5) is 8.55. The molecule has 0 unspecified atom stereocenters. The predicted octanol–water partition coefficient (Wildman–Crippen LogP) is 2.86. The molecule has 6 nitrogen and oxygen atoms in total. The SMILES string of the molecule is CCOc1nc(C)c(NS(=O)(=O)c2ccc(CC)cc2)c(C)n1. The summed E-state index contributed by atoms with van der Waals surface area (Å²) < 4.78 is 32.9. The molecule has 1 heterocycles. The highest BCUT2D eigenvalue weighted by molar-refractivity contribution is 7.92. The Bertz CT molecular complexity index is 764. The molecule has 0 aliphatic rings. The average molecular weight is 335 g/mol. The van der Waals surface area contributed by atoms with Crippen molar-refractivity contribution >= 4 is 15.7 Å². The fourth-order valence-electron chi connectivity index (χ4n) is 2.12. The van der Waals surface area contributed by atoms with Crippen molar-refractivity contribution in [1.82, 2.24) is 9.97 Å². The third kappa shape index (κ3) is 3.98. The second-order valence-corrected chi connectivity index (χ2v) is 6.77. The van der Waals surface area contributed by atoms with Crippen LogP contribution in [0.15, 0.2) is 29.2 Å². The second kappa shape index (κ2) is 6.95. The maximum absolute atomic E-state index is 12.5. The van der Waals surface area contributed by atoms with E-state index in [1.165, 1.54) is 0 Å². The first-order valence-electron chi connectivity index (χ1n) is 7.47. The third-order valence-electron chi connectivity index (χ3n) is 3.40. The van der Waals surface area contributed by atoms with Crippen LogP contribution in [-0.2, 0) is 16.4 Å². The molecule has 1 aromatic heterocycles. The molecule has 0 aliphatic heterocycles. The summed E-state index contributed by atoms with van der Waals surface area (Å²) in [6.07, 6.45) is 0.860. The molecule has 0 bridgehead atoms. The summed E-state index contributed by atoms with van der Waals surface area (Å²) >= 11 is 0. The van der Waals surface area contributed by atoms with Crippen LogP contribution in [0.5, 0.6) is 6.01 Å². The summed E-state index contributed by atoms with van der Waals surface area (Å²) in [5.74, 6) is 0. The summed E-state index contributed by atoms with van der Waals surface area (Å²) in [5, 5.41) is 0. The van der Waals surface area contributed by atoms with Gasteiger partial charge >= 0.3 is 6.01 Å². The van der Waals surface area contributed by atoms with E-state index in [9.17, 15) is 8.42 Å². The van der Waals surface area contributed by atoms with Crippen LogP contribution >= 0.6 is 0 Å². The molecule has 0 saturated heterocycles. The molecule has 124 valence electrons. The van der Waals surface area contributed by atoms with Gasteiger partial charge in [-0.1, -0.05) is 19.1 Å². The molecule has 0 aliphatic carbocycles. The van der Waals surface area contributed by atoms with Gasteiger partial charge in [0.05, 0.1) is 28.6 Å². The first-order chi connectivity index (χ1) is 10.9. The monoisotopic (exact) mass is 335 g/mol. The lowest BCUT2D eigenvalue weighted by atomic mass is 10.2. The number of aromatic nitrogens is 2. The van der Waals surface area contributed by atoms with Gasteiger partial charge in [0.2, 0.25) is 0 Å². The Balaban J connectivity index is 2.33. The Hall–Kier alpha value is -2.15. The fraction of sp³-hybridized carbons (Fsp3) is 0.375. The van der Waals surface area contributed by atoms with E-state index in [0.29, 0.717) is 23.7 Å². The van der Waals surface area contributed by atoms with Crippen LogP contribution in [0.25, 0.3) is 0 Å². The number of rotatable bonds is 6.